The molecule has 0 spiro atoms. The van der Waals surface area contributed by atoms with Gasteiger partial charge in [0.25, 0.3) is 5.69 Å². The summed E-state index contributed by atoms with van der Waals surface area (Å²) in [7, 11) is 0. The summed E-state index contributed by atoms with van der Waals surface area (Å²) in [6.45, 7) is 0.303. The van der Waals surface area contributed by atoms with E-state index in [4.69, 9.17) is 0 Å². The Labute approximate surface area is 163 Å². The van der Waals surface area contributed by atoms with Gasteiger partial charge in [0.1, 0.15) is 5.69 Å². The number of carbonyl (C=O) groups excluding carboxylic acids is 1. The number of anilines is 2. The van der Waals surface area contributed by atoms with Crippen LogP contribution >= 0.6 is 0 Å². The summed E-state index contributed by atoms with van der Waals surface area (Å²) in [5.41, 5.74) is 3.39. The van der Waals surface area contributed by atoms with Crippen LogP contribution in [-0.2, 0) is 11.2 Å². The number of nitrogens with zero attached hydrogens (tertiary/aromatic N) is 1. The van der Waals surface area contributed by atoms with Crippen molar-refractivity contribution in [3.8, 4) is 0 Å². The molecule has 3 aromatic carbocycles. The molecule has 3 rings (SSSR count). The first kappa shape index (κ1) is 19.1. The molecule has 0 radical (unpaired) electrons. The third-order valence-electron chi connectivity index (χ3n) is 4.30. The lowest BCUT2D eigenvalue weighted by Crippen LogP contribution is -2.17. The summed E-state index contributed by atoms with van der Waals surface area (Å²) < 4.78 is 0. The van der Waals surface area contributed by atoms with E-state index in [1.165, 1.54) is 11.6 Å². The van der Waals surface area contributed by atoms with Gasteiger partial charge >= 0.3 is 0 Å². The van der Waals surface area contributed by atoms with Crippen LogP contribution in [0.25, 0.3) is 0 Å². The quantitative estimate of drug-likeness (QED) is 0.444. The Morgan fingerprint density at radius 3 is 2.25 bits per heavy atom. The van der Waals surface area contributed by atoms with Crippen molar-refractivity contribution in [3.63, 3.8) is 0 Å². The van der Waals surface area contributed by atoms with Gasteiger partial charge in [0.2, 0.25) is 5.91 Å². The van der Waals surface area contributed by atoms with E-state index >= 15 is 0 Å². The van der Waals surface area contributed by atoms with E-state index < -0.39 is 4.92 Å². The molecule has 6 heteroatoms. The normalized spacial score (nSPS) is 10.3. The van der Waals surface area contributed by atoms with E-state index in [9.17, 15) is 14.9 Å². The summed E-state index contributed by atoms with van der Waals surface area (Å²) >= 11 is 0. The van der Waals surface area contributed by atoms with Gasteiger partial charge in [-0.15, -0.1) is 0 Å². The van der Waals surface area contributed by atoms with Crippen molar-refractivity contribution < 1.29 is 9.72 Å². The second kappa shape index (κ2) is 9.32. The van der Waals surface area contributed by atoms with E-state index in [-0.39, 0.29) is 18.0 Å². The molecular formula is C22H21N3O3. The molecule has 28 heavy (non-hydrogen) atoms. The van der Waals surface area contributed by atoms with Crippen LogP contribution in [0, 0.1) is 10.1 Å². The molecule has 0 aliphatic rings. The van der Waals surface area contributed by atoms with Gasteiger partial charge in [-0.05, 0) is 29.7 Å². The molecule has 142 valence electrons. The maximum atomic E-state index is 12.3. The van der Waals surface area contributed by atoms with Gasteiger partial charge in [-0.1, -0.05) is 60.7 Å². The molecule has 0 saturated carbocycles. The summed E-state index contributed by atoms with van der Waals surface area (Å²) in [5.74, 6) is -0.147. The van der Waals surface area contributed by atoms with E-state index in [1.807, 2.05) is 42.5 Å². The van der Waals surface area contributed by atoms with Gasteiger partial charge in [0.15, 0.2) is 0 Å². The summed E-state index contributed by atoms with van der Waals surface area (Å²) in [6.07, 6.45) is 0.928. The Morgan fingerprint density at radius 2 is 1.50 bits per heavy atom. The van der Waals surface area contributed by atoms with Crippen LogP contribution in [0.3, 0.4) is 0 Å². The third kappa shape index (κ3) is 5.17. The fourth-order valence-electron chi connectivity index (χ4n) is 2.92. The van der Waals surface area contributed by atoms with Crippen molar-refractivity contribution in [2.75, 3.05) is 17.2 Å². The first-order valence-electron chi connectivity index (χ1n) is 9.02. The molecule has 0 aliphatic carbocycles. The standard InChI is InChI=1S/C22H21N3O3/c26-22(14-15-23-20-12-6-7-13-21(20)25(27)28)24-19-11-5-4-10-18(19)16-17-8-2-1-3-9-17/h1-13,23H,14-16H2,(H,24,26). The largest absolute Gasteiger partial charge is 0.379 e. The zero-order valence-corrected chi connectivity index (χ0v) is 15.3. The van der Waals surface area contributed by atoms with Crippen LogP contribution in [0.4, 0.5) is 17.1 Å². The first-order valence-corrected chi connectivity index (χ1v) is 9.02. The van der Waals surface area contributed by atoms with Crippen molar-refractivity contribution in [2.45, 2.75) is 12.8 Å². The molecule has 0 fully saturated rings. The maximum absolute atomic E-state index is 12.3. The highest BCUT2D eigenvalue weighted by molar-refractivity contribution is 5.91. The zero-order valence-electron chi connectivity index (χ0n) is 15.3. The minimum absolute atomic E-state index is 0.00360. The SMILES string of the molecule is O=C(CCNc1ccccc1[N+](=O)[O-])Nc1ccccc1Cc1ccccc1. The molecule has 0 bridgehead atoms. The fraction of sp³-hybridized carbons (Fsp3) is 0.136. The predicted octanol–water partition coefficient (Wildman–Crippen LogP) is 4.63. The van der Waals surface area contributed by atoms with Gasteiger partial charge in [0, 0.05) is 24.7 Å². The third-order valence-corrected chi connectivity index (χ3v) is 4.30. The number of hydrogen-bond acceptors (Lipinski definition) is 4. The highest BCUT2D eigenvalue weighted by Crippen LogP contribution is 2.23. The minimum Gasteiger partial charge on any atom is -0.379 e. The van der Waals surface area contributed by atoms with E-state index in [0.29, 0.717) is 12.2 Å². The number of benzene rings is 3. The van der Waals surface area contributed by atoms with Gasteiger partial charge in [-0.2, -0.15) is 0 Å². The second-order valence-electron chi connectivity index (χ2n) is 6.32. The maximum Gasteiger partial charge on any atom is 0.292 e. The highest BCUT2D eigenvalue weighted by atomic mass is 16.6. The van der Waals surface area contributed by atoms with Crippen LogP contribution in [0.5, 0.6) is 0 Å². The van der Waals surface area contributed by atoms with Crippen molar-refractivity contribution >= 4 is 23.0 Å². The van der Waals surface area contributed by atoms with E-state index in [2.05, 4.69) is 22.8 Å². The number of para-hydroxylation sites is 3. The predicted molar refractivity (Wildman–Crippen MR) is 111 cm³/mol. The van der Waals surface area contributed by atoms with Crippen molar-refractivity contribution in [1.82, 2.24) is 0 Å². The summed E-state index contributed by atoms with van der Waals surface area (Å²) in [4.78, 5) is 22.9. The van der Waals surface area contributed by atoms with E-state index in [1.54, 1.807) is 18.2 Å². The van der Waals surface area contributed by atoms with Crippen molar-refractivity contribution in [2.24, 2.45) is 0 Å². The molecule has 6 nitrogen and oxygen atoms in total. The van der Waals surface area contributed by atoms with Gasteiger partial charge in [-0.25, -0.2) is 0 Å². The average molecular weight is 375 g/mol. The molecule has 0 unspecified atom stereocenters. The van der Waals surface area contributed by atoms with Crippen LogP contribution in [0.2, 0.25) is 0 Å². The van der Waals surface area contributed by atoms with Gasteiger partial charge in [0.05, 0.1) is 4.92 Å². The number of nitro groups is 1. The van der Waals surface area contributed by atoms with Crippen LogP contribution in [0.1, 0.15) is 17.5 Å². The van der Waals surface area contributed by atoms with Crippen molar-refractivity contribution in [1.29, 1.82) is 0 Å². The van der Waals surface area contributed by atoms with Crippen LogP contribution in [-0.4, -0.2) is 17.4 Å². The molecule has 0 aromatic heterocycles. The molecular weight excluding hydrogens is 354 g/mol. The number of nitro benzene ring substituents is 1. The Bertz CT molecular complexity index is 958. The van der Waals surface area contributed by atoms with E-state index in [0.717, 1.165) is 17.7 Å². The lowest BCUT2D eigenvalue weighted by Gasteiger charge is -2.12. The summed E-state index contributed by atoms with van der Waals surface area (Å²) in [6, 6.07) is 24.2. The second-order valence-corrected chi connectivity index (χ2v) is 6.32. The van der Waals surface area contributed by atoms with Crippen LogP contribution < -0.4 is 10.6 Å². The Kier molecular flexibility index (Phi) is 6.36. The zero-order chi connectivity index (χ0) is 19.8. The minimum atomic E-state index is -0.442. The topological polar surface area (TPSA) is 84.3 Å². The number of amides is 1. The monoisotopic (exact) mass is 375 g/mol. The molecule has 1 amide bonds. The Hall–Kier alpha value is -3.67. The first-order chi connectivity index (χ1) is 13.6. The molecule has 0 heterocycles. The number of carbonyl (C=O) groups is 1. The highest BCUT2D eigenvalue weighted by Gasteiger charge is 2.12. The number of hydrogen-bond donors (Lipinski definition) is 2. The average Bonchev–Trinajstić information content (AvgIpc) is 2.70. The number of nitrogens with one attached hydrogen (secondary N) is 2. The molecule has 0 aliphatic heterocycles. The lowest BCUT2D eigenvalue weighted by atomic mass is 10.0. The Morgan fingerprint density at radius 1 is 0.857 bits per heavy atom. The van der Waals surface area contributed by atoms with Crippen LogP contribution in [0.15, 0.2) is 78.9 Å². The molecule has 2 N–H and O–H groups in total. The molecule has 0 saturated heterocycles. The molecule has 0 atom stereocenters. The van der Waals surface area contributed by atoms with Gasteiger partial charge in [-0.3, -0.25) is 14.9 Å². The molecule has 3 aromatic rings. The smallest absolute Gasteiger partial charge is 0.292 e. The summed E-state index contributed by atoms with van der Waals surface area (Å²) in [5, 5.41) is 16.9. The Balaban J connectivity index is 1.58. The van der Waals surface area contributed by atoms with Gasteiger partial charge < -0.3 is 10.6 Å². The lowest BCUT2D eigenvalue weighted by molar-refractivity contribution is -0.384. The fourth-order valence-corrected chi connectivity index (χ4v) is 2.92. The van der Waals surface area contributed by atoms with Crippen molar-refractivity contribution in [3.05, 3.63) is 100 Å². The number of rotatable bonds is 8.